The average Bonchev–Trinajstić information content (AvgIpc) is 3.07. The van der Waals surface area contributed by atoms with Crippen molar-refractivity contribution in [1.29, 1.82) is 0 Å². The number of furan rings is 1. The maximum absolute atomic E-state index is 12.1. The van der Waals surface area contributed by atoms with Gasteiger partial charge in [0.15, 0.2) is 12.4 Å². The Hall–Kier alpha value is -2.56. The summed E-state index contributed by atoms with van der Waals surface area (Å²) in [5.74, 6) is 0.731. The average molecular weight is 284 g/mol. The van der Waals surface area contributed by atoms with Crippen molar-refractivity contribution in [2.45, 2.75) is 0 Å². The van der Waals surface area contributed by atoms with Gasteiger partial charge < -0.3 is 14.2 Å². The third-order valence-electron chi connectivity index (χ3n) is 3.59. The van der Waals surface area contributed by atoms with Crippen molar-refractivity contribution in [2.75, 3.05) is 31.1 Å². The highest BCUT2D eigenvalue weighted by atomic mass is 16.3. The van der Waals surface area contributed by atoms with Gasteiger partial charge in [-0.25, -0.2) is 4.98 Å². The summed E-state index contributed by atoms with van der Waals surface area (Å²) in [6.07, 6.45) is 8.71. The molecule has 5 nitrogen and oxygen atoms in total. The van der Waals surface area contributed by atoms with Gasteiger partial charge in [0.05, 0.1) is 6.26 Å². The van der Waals surface area contributed by atoms with Crippen molar-refractivity contribution in [3.05, 3.63) is 54.8 Å². The topological polar surface area (TPSA) is 50.8 Å². The number of anilines is 1. The molecule has 0 atom stereocenters. The van der Waals surface area contributed by atoms with Crippen molar-refractivity contribution in [3.63, 3.8) is 0 Å². The Morgan fingerprint density at radius 2 is 1.90 bits per heavy atom. The van der Waals surface area contributed by atoms with E-state index in [0.717, 1.165) is 26.2 Å². The molecular formula is C16H18N3O2+. The van der Waals surface area contributed by atoms with E-state index in [2.05, 4.69) is 9.88 Å². The summed E-state index contributed by atoms with van der Waals surface area (Å²) in [5, 5.41) is 0. The predicted octanol–water partition coefficient (Wildman–Crippen LogP) is 1.46. The number of hydrogen-bond donors (Lipinski definition) is 0. The van der Waals surface area contributed by atoms with Crippen LogP contribution in [0, 0.1) is 0 Å². The molecule has 3 rings (SSSR count). The number of aromatic nitrogens is 1. The van der Waals surface area contributed by atoms with Gasteiger partial charge in [-0.1, -0.05) is 0 Å². The minimum atomic E-state index is 0.0347. The summed E-state index contributed by atoms with van der Waals surface area (Å²) in [4.78, 5) is 19.3. The summed E-state index contributed by atoms with van der Waals surface area (Å²) in [5.41, 5.74) is 1.19. The molecule has 0 radical (unpaired) electrons. The van der Waals surface area contributed by atoms with Crippen LogP contribution >= 0.6 is 0 Å². The van der Waals surface area contributed by atoms with E-state index in [4.69, 9.17) is 4.42 Å². The Kier molecular flexibility index (Phi) is 4.00. The third kappa shape index (κ3) is 3.31. The fraction of sp³-hybridized carbons (Fsp3) is 0.250. The Morgan fingerprint density at radius 3 is 2.57 bits per heavy atom. The number of nitrogens with zero attached hydrogens (tertiary/aromatic N) is 2. The van der Waals surface area contributed by atoms with Gasteiger partial charge in [0.1, 0.15) is 5.76 Å². The van der Waals surface area contributed by atoms with Gasteiger partial charge >= 0.3 is 0 Å². The minimum Gasteiger partial charge on any atom is -0.465 e. The second-order valence-corrected chi connectivity index (χ2v) is 4.92. The third-order valence-corrected chi connectivity index (χ3v) is 3.59. The van der Waals surface area contributed by atoms with Crippen LogP contribution in [0.3, 0.4) is 0 Å². The van der Waals surface area contributed by atoms with Crippen molar-refractivity contribution in [1.82, 2.24) is 4.90 Å². The summed E-state index contributed by atoms with van der Waals surface area (Å²) in [7, 11) is 0. The highest BCUT2D eigenvalue weighted by Gasteiger charge is 2.19. The fourth-order valence-electron chi connectivity index (χ4n) is 2.42. The molecule has 2 aromatic rings. The maximum Gasteiger partial charge on any atom is 0.246 e. The molecule has 1 N–H and O–H groups in total. The number of carbonyl (C=O) groups is 1. The summed E-state index contributed by atoms with van der Waals surface area (Å²) < 4.78 is 5.18. The first kappa shape index (κ1) is 13.4. The molecular weight excluding hydrogens is 266 g/mol. The zero-order valence-electron chi connectivity index (χ0n) is 11.7. The van der Waals surface area contributed by atoms with Gasteiger partial charge in [0.2, 0.25) is 5.91 Å². The van der Waals surface area contributed by atoms with Gasteiger partial charge in [0, 0.05) is 50.1 Å². The lowest BCUT2D eigenvalue weighted by molar-refractivity contribution is -0.377. The van der Waals surface area contributed by atoms with Crippen LogP contribution < -0.4 is 9.88 Å². The van der Waals surface area contributed by atoms with Crippen LogP contribution in [0.5, 0.6) is 0 Å². The van der Waals surface area contributed by atoms with Crippen molar-refractivity contribution < 1.29 is 14.2 Å². The zero-order valence-corrected chi connectivity index (χ0v) is 11.7. The Morgan fingerprint density at radius 1 is 1.14 bits per heavy atom. The normalized spacial score (nSPS) is 15.6. The zero-order chi connectivity index (χ0) is 14.5. The van der Waals surface area contributed by atoms with Gasteiger partial charge in [-0.3, -0.25) is 4.79 Å². The smallest absolute Gasteiger partial charge is 0.246 e. The van der Waals surface area contributed by atoms with E-state index < -0.39 is 0 Å². The van der Waals surface area contributed by atoms with E-state index in [9.17, 15) is 4.79 Å². The molecule has 0 spiro atoms. The molecule has 1 saturated heterocycles. The summed E-state index contributed by atoms with van der Waals surface area (Å²) in [6, 6.07) is 7.73. The molecule has 1 aliphatic heterocycles. The largest absolute Gasteiger partial charge is 0.465 e. The number of nitrogens with one attached hydrogen (secondary N) is 1. The molecule has 0 bridgehead atoms. The summed E-state index contributed by atoms with van der Waals surface area (Å²) in [6.45, 7) is 3.18. The molecule has 0 saturated carbocycles. The SMILES string of the molecule is O=C(/C=C/c1ccco1)N1CCN(c2cc[nH+]cc2)CC1. The van der Waals surface area contributed by atoms with Crippen LogP contribution in [0.1, 0.15) is 5.76 Å². The highest BCUT2D eigenvalue weighted by molar-refractivity contribution is 5.91. The first-order valence-corrected chi connectivity index (χ1v) is 7.04. The van der Waals surface area contributed by atoms with Crippen LogP contribution in [0.2, 0.25) is 0 Å². The maximum atomic E-state index is 12.1. The monoisotopic (exact) mass is 284 g/mol. The van der Waals surface area contributed by atoms with Crippen molar-refractivity contribution in [2.24, 2.45) is 0 Å². The number of H-pyrrole nitrogens is 1. The molecule has 1 fully saturated rings. The first-order valence-electron chi connectivity index (χ1n) is 7.04. The summed E-state index contributed by atoms with van der Waals surface area (Å²) >= 11 is 0. The van der Waals surface area contributed by atoms with E-state index in [1.54, 1.807) is 24.5 Å². The van der Waals surface area contributed by atoms with Crippen molar-refractivity contribution >= 4 is 17.7 Å². The van der Waals surface area contributed by atoms with Gasteiger partial charge in [0.25, 0.3) is 0 Å². The number of amides is 1. The fourth-order valence-corrected chi connectivity index (χ4v) is 2.42. The van der Waals surface area contributed by atoms with Crippen LogP contribution in [0.4, 0.5) is 5.69 Å². The number of carbonyl (C=O) groups excluding carboxylic acids is 1. The van der Waals surface area contributed by atoms with E-state index >= 15 is 0 Å². The number of rotatable bonds is 3. The molecule has 5 heteroatoms. The van der Waals surface area contributed by atoms with Gasteiger partial charge in [-0.15, -0.1) is 0 Å². The molecule has 1 aliphatic rings. The second kappa shape index (κ2) is 6.26. The van der Waals surface area contributed by atoms with Gasteiger partial charge in [-0.05, 0) is 18.2 Å². The number of hydrogen-bond acceptors (Lipinski definition) is 3. The molecule has 0 aliphatic carbocycles. The molecule has 1 amide bonds. The highest BCUT2D eigenvalue weighted by Crippen LogP contribution is 2.14. The van der Waals surface area contributed by atoms with Crippen LogP contribution in [0.25, 0.3) is 6.08 Å². The standard InChI is InChI=1S/C16H17N3O2/c20-16(4-3-15-2-1-13-21-15)19-11-9-18(10-12-19)14-5-7-17-8-6-14/h1-8,13H,9-12H2/p+1/b4-3+. The number of piperazine rings is 1. The lowest BCUT2D eigenvalue weighted by Crippen LogP contribution is -2.48. The molecule has 108 valence electrons. The first-order chi connectivity index (χ1) is 10.3. The van der Waals surface area contributed by atoms with E-state index in [0.29, 0.717) is 5.76 Å². The molecule has 3 heterocycles. The van der Waals surface area contributed by atoms with E-state index in [1.807, 2.05) is 35.5 Å². The Labute approximate surface area is 123 Å². The van der Waals surface area contributed by atoms with E-state index in [1.165, 1.54) is 5.69 Å². The number of aromatic amines is 1. The lowest BCUT2D eigenvalue weighted by Gasteiger charge is -2.35. The quantitative estimate of drug-likeness (QED) is 0.802. The predicted molar refractivity (Wildman–Crippen MR) is 79.5 cm³/mol. The Balaban J connectivity index is 1.55. The van der Waals surface area contributed by atoms with Crippen LogP contribution in [0.15, 0.2) is 53.4 Å². The minimum absolute atomic E-state index is 0.0347. The molecule has 0 aromatic carbocycles. The number of pyridine rings is 1. The van der Waals surface area contributed by atoms with E-state index in [-0.39, 0.29) is 5.91 Å². The lowest BCUT2D eigenvalue weighted by atomic mass is 10.2. The van der Waals surface area contributed by atoms with Crippen LogP contribution in [-0.4, -0.2) is 37.0 Å². The van der Waals surface area contributed by atoms with Gasteiger partial charge in [-0.2, -0.15) is 0 Å². The molecule has 21 heavy (non-hydrogen) atoms. The Bertz CT molecular complexity index is 600. The van der Waals surface area contributed by atoms with Crippen LogP contribution in [-0.2, 0) is 4.79 Å². The van der Waals surface area contributed by atoms with Crippen molar-refractivity contribution in [3.8, 4) is 0 Å². The molecule has 2 aromatic heterocycles. The molecule has 0 unspecified atom stereocenters. The second-order valence-electron chi connectivity index (χ2n) is 4.92.